The van der Waals surface area contributed by atoms with Crippen molar-refractivity contribution in [2.45, 2.75) is 26.0 Å². The van der Waals surface area contributed by atoms with E-state index in [4.69, 9.17) is 32.5 Å². The average Bonchev–Trinajstić information content (AvgIpc) is 3.13. The van der Waals surface area contributed by atoms with E-state index in [1.807, 2.05) is 12.1 Å². The zero-order valence-electron chi connectivity index (χ0n) is 15.5. The topological polar surface area (TPSA) is 55.6 Å². The molecule has 3 aromatic rings. The summed E-state index contributed by atoms with van der Waals surface area (Å²) in [7, 11) is 0. The molecule has 1 amide bonds. The molecule has 29 heavy (non-hydrogen) atoms. The molecule has 1 aliphatic heterocycles. The van der Waals surface area contributed by atoms with Gasteiger partial charge < -0.3 is 14.2 Å². The van der Waals surface area contributed by atoms with Crippen LogP contribution in [-0.4, -0.2) is 28.6 Å². The zero-order chi connectivity index (χ0) is 20.5. The first-order valence-electron chi connectivity index (χ1n) is 9.06. The number of fused-ring (bicyclic) bond motifs is 1. The summed E-state index contributed by atoms with van der Waals surface area (Å²) in [6.45, 7) is 2.73. The summed E-state index contributed by atoms with van der Waals surface area (Å²) in [6.07, 6.45) is -0.0110. The Kier molecular flexibility index (Phi) is 5.86. The number of ether oxygens (including phenoxy) is 1. The predicted octanol–water partition coefficient (Wildman–Crippen LogP) is 5.76. The SMILES string of the molecule is CC(Oc1ccc(Cl)cc1Br)C(=O)N1CCc2noc(-c3ccc(Cl)cc3)c2C1. The first kappa shape index (κ1) is 20.3. The Bertz CT molecular complexity index is 1050. The Labute approximate surface area is 186 Å². The van der Waals surface area contributed by atoms with Crippen molar-refractivity contribution in [3.63, 3.8) is 0 Å². The number of benzene rings is 2. The lowest BCUT2D eigenvalue weighted by atomic mass is 10.0. The van der Waals surface area contributed by atoms with E-state index in [9.17, 15) is 4.79 Å². The maximum Gasteiger partial charge on any atom is 0.263 e. The van der Waals surface area contributed by atoms with Crippen LogP contribution in [0.5, 0.6) is 5.75 Å². The van der Waals surface area contributed by atoms with Gasteiger partial charge in [0.25, 0.3) is 5.91 Å². The highest BCUT2D eigenvalue weighted by Crippen LogP contribution is 2.32. The molecule has 8 heteroatoms. The van der Waals surface area contributed by atoms with E-state index >= 15 is 0 Å². The van der Waals surface area contributed by atoms with Crippen molar-refractivity contribution < 1.29 is 14.1 Å². The molecule has 1 atom stereocenters. The van der Waals surface area contributed by atoms with Crippen LogP contribution in [-0.2, 0) is 17.8 Å². The Hall–Kier alpha value is -2.02. The molecule has 1 unspecified atom stereocenters. The lowest BCUT2D eigenvalue weighted by Crippen LogP contribution is -2.43. The highest BCUT2D eigenvalue weighted by molar-refractivity contribution is 9.10. The smallest absolute Gasteiger partial charge is 0.263 e. The molecule has 0 fully saturated rings. The van der Waals surface area contributed by atoms with Crippen LogP contribution in [0.15, 0.2) is 51.5 Å². The lowest BCUT2D eigenvalue weighted by molar-refractivity contribution is -0.138. The van der Waals surface area contributed by atoms with E-state index in [0.717, 1.165) is 16.8 Å². The van der Waals surface area contributed by atoms with Crippen molar-refractivity contribution in [1.29, 1.82) is 0 Å². The van der Waals surface area contributed by atoms with Gasteiger partial charge in [0.1, 0.15) is 5.75 Å². The molecular formula is C21H17BrCl2N2O3. The minimum Gasteiger partial charge on any atom is -0.480 e. The molecule has 0 spiro atoms. The first-order chi connectivity index (χ1) is 13.9. The summed E-state index contributed by atoms with van der Waals surface area (Å²) in [5.41, 5.74) is 2.69. The fraction of sp³-hybridized carbons (Fsp3) is 0.238. The summed E-state index contributed by atoms with van der Waals surface area (Å²) in [4.78, 5) is 14.8. The van der Waals surface area contributed by atoms with Crippen LogP contribution in [0.25, 0.3) is 11.3 Å². The van der Waals surface area contributed by atoms with Crippen LogP contribution >= 0.6 is 39.1 Å². The number of rotatable bonds is 4. The fourth-order valence-electron chi connectivity index (χ4n) is 3.30. The molecule has 1 aromatic heterocycles. The van der Waals surface area contributed by atoms with E-state index < -0.39 is 6.10 Å². The molecular weight excluding hydrogens is 479 g/mol. The van der Waals surface area contributed by atoms with E-state index in [2.05, 4.69) is 21.1 Å². The van der Waals surface area contributed by atoms with Gasteiger partial charge in [0, 0.05) is 34.1 Å². The highest BCUT2D eigenvalue weighted by Gasteiger charge is 2.30. The molecule has 0 bridgehead atoms. The van der Waals surface area contributed by atoms with Crippen molar-refractivity contribution in [1.82, 2.24) is 10.1 Å². The quantitative estimate of drug-likeness (QED) is 0.461. The second-order valence-electron chi connectivity index (χ2n) is 6.79. The third-order valence-corrected chi connectivity index (χ3v) is 5.91. The molecule has 4 rings (SSSR count). The summed E-state index contributed by atoms with van der Waals surface area (Å²) >= 11 is 15.4. The van der Waals surface area contributed by atoms with Crippen molar-refractivity contribution in [3.8, 4) is 17.1 Å². The van der Waals surface area contributed by atoms with E-state index in [-0.39, 0.29) is 5.91 Å². The van der Waals surface area contributed by atoms with E-state index in [0.29, 0.717) is 45.5 Å². The molecule has 150 valence electrons. The van der Waals surface area contributed by atoms with Crippen LogP contribution in [0.1, 0.15) is 18.2 Å². The number of halogens is 3. The second kappa shape index (κ2) is 8.38. The molecule has 2 aromatic carbocycles. The Morgan fingerprint density at radius 3 is 2.66 bits per heavy atom. The third kappa shape index (κ3) is 4.29. The first-order valence-corrected chi connectivity index (χ1v) is 10.6. The van der Waals surface area contributed by atoms with Crippen molar-refractivity contribution in [3.05, 3.63) is 68.2 Å². The summed E-state index contributed by atoms with van der Waals surface area (Å²) < 4.78 is 12.1. The highest BCUT2D eigenvalue weighted by atomic mass is 79.9. The molecule has 1 aliphatic rings. The predicted molar refractivity (Wildman–Crippen MR) is 115 cm³/mol. The second-order valence-corrected chi connectivity index (χ2v) is 8.52. The minimum atomic E-state index is -0.645. The van der Waals surface area contributed by atoms with Crippen LogP contribution in [0.3, 0.4) is 0 Å². The van der Waals surface area contributed by atoms with Crippen molar-refractivity contribution >= 4 is 45.0 Å². The number of carbonyl (C=O) groups is 1. The number of aromatic nitrogens is 1. The van der Waals surface area contributed by atoms with E-state index in [1.165, 1.54) is 0 Å². The molecule has 2 heterocycles. The summed E-state index contributed by atoms with van der Waals surface area (Å²) in [6, 6.07) is 12.6. The van der Waals surface area contributed by atoms with Crippen LogP contribution in [0.2, 0.25) is 10.0 Å². The maximum atomic E-state index is 13.0. The zero-order valence-corrected chi connectivity index (χ0v) is 18.6. The molecule has 0 radical (unpaired) electrons. The number of hydrogen-bond acceptors (Lipinski definition) is 4. The van der Waals surface area contributed by atoms with Gasteiger partial charge in [-0.3, -0.25) is 4.79 Å². The summed E-state index contributed by atoms with van der Waals surface area (Å²) in [5.74, 6) is 1.14. The van der Waals surface area contributed by atoms with Crippen molar-refractivity contribution in [2.75, 3.05) is 6.54 Å². The van der Waals surface area contributed by atoms with Gasteiger partial charge in [0.15, 0.2) is 11.9 Å². The Morgan fingerprint density at radius 1 is 1.21 bits per heavy atom. The van der Waals surface area contributed by atoms with Crippen LogP contribution in [0, 0.1) is 0 Å². The fourth-order valence-corrected chi connectivity index (χ4v) is 4.20. The van der Waals surface area contributed by atoms with Gasteiger partial charge >= 0.3 is 0 Å². The van der Waals surface area contributed by atoms with Gasteiger partial charge in [-0.05, 0) is 65.3 Å². The largest absolute Gasteiger partial charge is 0.480 e. The maximum absolute atomic E-state index is 13.0. The molecule has 5 nitrogen and oxygen atoms in total. The van der Waals surface area contributed by atoms with Gasteiger partial charge in [-0.1, -0.05) is 28.4 Å². The number of hydrogen-bond donors (Lipinski definition) is 0. The normalized spacial score (nSPS) is 14.4. The van der Waals surface area contributed by atoms with Gasteiger partial charge in [0.05, 0.1) is 16.7 Å². The number of carbonyl (C=O) groups excluding carboxylic acids is 1. The average molecular weight is 496 g/mol. The third-order valence-electron chi connectivity index (χ3n) is 4.80. The molecule has 0 saturated heterocycles. The van der Waals surface area contributed by atoms with Gasteiger partial charge in [-0.2, -0.15) is 0 Å². The van der Waals surface area contributed by atoms with Gasteiger partial charge in [0.2, 0.25) is 0 Å². The minimum absolute atomic E-state index is 0.0965. The number of nitrogens with zero attached hydrogens (tertiary/aromatic N) is 2. The number of amides is 1. The van der Waals surface area contributed by atoms with E-state index in [1.54, 1.807) is 42.2 Å². The summed E-state index contributed by atoms with van der Waals surface area (Å²) in [5, 5.41) is 5.43. The van der Waals surface area contributed by atoms with Gasteiger partial charge in [-0.15, -0.1) is 0 Å². The monoisotopic (exact) mass is 494 g/mol. The Balaban J connectivity index is 1.51. The lowest BCUT2D eigenvalue weighted by Gasteiger charge is -2.29. The van der Waals surface area contributed by atoms with Crippen LogP contribution < -0.4 is 4.74 Å². The molecule has 0 saturated carbocycles. The Morgan fingerprint density at radius 2 is 1.93 bits per heavy atom. The standard InChI is InChI=1S/C21H17BrCl2N2O3/c1-12(28-19-7-6-15(24)10-17(19)22)21(27)26-9-8-18-16(11-26)20(29-25-18)13-2-4-14(23)5-3-13/h2-7,10,12H,8-9,11H2,1H3. The molecule has 0 N–H and O–H groups in total. The van der Waals surface area contributed by atoms with Gasteiger partial charge in [-0.25, -0.2) is 0 Å². The van der Waals surface area contributed by atoms with Crippen molar-refractivity contribution in [2.24, 2.45) is 0 Å². The van der Waals surface area contributed by atoms with Crippen LogP contribution in [0.4, 0.5) is 0 Å². The molecule has 0 aliphatic carbocycles.